The predicted molar refractivity (Wildman–Crippen MR) is 114 cm³/mol. The highest BCUT2D eigenvalue weighted by molar-refractivity contribution is 7.89. The van der Waals surface area contributed by atoms with E-state index in [-0.39, 0.29) is 10.8 Å². The quantitative estimate of drug-likeness (QED) is 0.631. The van der Waals surface area contributed by atoms with Crippen molar-refractivity contribution in [2.45, 2.75) is 18.2 Å². The summed E-state index contributed by atoms with van der Waals surface area (Å²) < 4.78 is 36.2. The number of anilines is 1. The van der Waals surface area contributed by atoms with Gasteiger partial charge in [-0.2, -0.15) is 0 Å². The van der Waals surface area contributed by atoms with Crippen LogP contribution in [0.5, 0.6) is 11.5 Å². The fourth-order valence-corrected chi connectivity index (χ4v) is 3.30. The molecule has 0 fully saturated rings. The molecular weight excluding hydrogens is 392 g/mol. The minimum absolute atomic E-state index is 0.161. The van der Waals surface area contributed by atoms with Crippen LogP contribution in [0.4, 0.5) is 5.69 Å². The number of benzene rings is 2. The molecule has 0 saturated carbocycles. The molecule has 0 unspecified atom stereocenters. The summed E-state index contributed by atoms with van der Waals surface area (Å²) in [5.41, 5.74) is 1.28. The maximum absolute atomic E-state index is 12.2. The smallest absolute Gasteiger partial charge is 0.248 e. The maximum Gasteiger partial charge on any atom is 0.248 e. The van der Waals surface area contributed by atoms with E-state index >= 15 is 0 Å². The zero-order valence-corrected chi connectivity index (χ0v) is 17.8. The van der Waals surface area contributed by atoms with Crippen molar-refractivity contribution in [2.24, 2.45) is 0 Å². The fraction of sp³-hybridized carbons (Fsp3) is 0.286. The molecule has 2 aromatic carbocycles. The number of hydrogen-bond acceptors (Lipinski definition) is 5. The summed E-state index contributed by atoms with van der Waals surface area (Å²) in [7, 11) is 0.995. The lowest BCUT2D eigenvalue weighted by Gasteiger charge is -2.11. The van der Waals surface area contributed by atoms with E-state index in [4.69, 9.17) is 9.47 Å². The van der Waals surface area contributed by atoms with Crippen molar-refractivity contribution in [3.8, 4) is 11.5 Å². The van der Waals surface area contributed by atoms with Crippen LogP contribution in [0.25, 0.3) is 6.08 Å². The molecule has 7 nitrogen and oxygen atoms in total. The number of amides is 1. The molecule has 1 N–H and O–H groups in total. The van der Waals surface area contributed by atoms with Gasteiger partial charge in [-0.05, 0) is 54.5 Å². The molecule has 0 aliphatic rings. The second kappa shape index (κ2) is 10.1. The van der Waals surface area contributed by atoms with Crippen LogP contribution in [0.2, 0.25) is 0 Å². The van der Waals surface area contributed by atoms with Gasteiger partial charge in [-0.15, -0.1) is 0 Å². The minimum Gasteiger partial charge on any atom is -0.493 e. The van der Waals surface area contributed by atoms with E-state index in [1.807, 2.05) is 13.0 Å². The lowest BCUT2D eigenvalue weighted by atomic mass is 10.2. The van der Waals surface area contributed by atoms with Gasteiger partial charge in [-0.3, -0.25) is 4.79 Å². The van der Waals surface area contributed by atoms with Crippen LogP contribution in [-0.4, -0.2) is 46.4 Å². The average Bonchev–Trinajstić information content (AvgIpc) is 2.71. The van der Waals surface area contributed by atoms with Gasteiger partial charge in [0.25, 0.3) is 0 Å². The molecule has 2 aromatic rings. The molecule has 29 heavy (non-hydrogen) atoms. The normalized spacial score (nSPS) is 11.6. The van der Waals surface area contributed by atoms with E-state index in [9.17, 15) is 13.2 Å². The van der Waals surface area contributed by atoms with Crippen molar-refractivity contribution in [1.82, 2.24) is 4.31 Å². The van der Waals surface area contributed by atoms with Crippen LogP contribution < -0.4 is 14.8 Å². The van der Waals surface area contributed by atoms with Gasteiger partial charge in [0.05, 0.1) is 18.6 Å². The number of carbonyl (C=O) groups excluding carboxylic acids is 1. The molecule has 8 heteroatoms. The number of hydrogen-bond donors (Lipinski definition) is 1. The first-order valence-corrected chi connectivity index (χ1v) is 10.5. The summed E-state index contributed by atoms with van der Waals surface area (Å²) in [5.74, 6) is 0.918. The van der Waals surface area contributed by atoms with E-state index in [0.717, 1.165) is 16.3 Å². The topological polar surface area (TPSA) is 84.9 Å². The van der Waals surface area contributed by atoms with E-state index in [1.54, 1.807) is 37.5 Å². The summed E-state index contributed by atoms with van der Waals surface area (Å²) in [4.78, 5) is 12.3. The summed E-state index contributed by atoms with van der Waals surface area (Å²) >= 11 is 0. The van der Waals surface area contributed by atoms with Gasteiger partial charge in [0, 0.05) is 25.9 Å². The third-order valence-corrected chi connectivity index (χ3v) is 5.81. The molecule has 0 aromatic heterocycles. The first kappa shape index (κ1) is 22.4. The molecule has 0 radical (unpaired) electrons. The van der Waals surface area contributed by atoms with Crippen LogP contribution in [-0.2, 0) is 14.8 Å². The highest BCUT2D eigenvalue weighted by atomic mass is 32.2. The van der Waals surface area contributed by atoms with Crippen molar-refractivity contribution in [3.05, 3.63) is 54.1 Å². The molecule has 0 bridgehead atoms. The Bertz CT molecular complexity index is 967. The number of ether oxygens (including phenoxy) is 2. The Morgan fingerprint density at radius 1 is 1.10 bits per heavy atom. The molecule has 0 aliphatic carbocycles. The van der Waals surface area contributed by atoms with Crippen molar-refractivity contribution in [1.29, 1.82) is 0 Å². The van der Waals surface area contributed by atoms with Crippen LogP contribution in [0, 0.1) is 0 Å². The highest BCUT2D eigenvalue weighted by Gasteiger charge is 2.16. The number of sulfonamides is 1. The zero-order valence-electron chi connectivity index (χ0n) is 17.0. The summed E-state index contributed by atoms with van der Waals surface area (Å²) in [6, 6.07) is 11.4. The van der Waals surface area contributed by atoms with Gasteiger partial charge in [0.1, 0.15) is 0 Å². The lowest BCUT2D eigenvalue weighted by molar-refractivity contribution is -0.111. The van der Waals surface area contributed by atoms with E-state index in [0.29, 0.717) is 23.8 Å². The van der Waals surface area contributed by atoms with E-state index in [2.05, 4.69) is 5.32 Å². The molecule has 2 rings (SSSR count). The van der Waals surface area contributed by atoms with E-state index < -0.39 is 10.0 Å². The molecule has 1 amide bonds. The first-order chi connectivity index (χ1) is 13.8. The summed E-state index contributed by atoms with van der Waals surface area (Å²) in [6.45, 7) is 2.62. The van der Waals surface area contributed by atoms with Crippen LogP contribution in [0.3, 0.4) is 0 Å². The Hall–Kier alpha value is -2.84. The van der Waals surface area contributed by atoms with Gasteiger partial charge in [-0.1, -0.05) is 13.0 Å². The molecule has 0 saturated heterocycles. The zero-order chi connectivity index (χ0) is 21.4. The van der Waals surface area contributed by atoms with Crippen molar-refractivity contribution < 1.29 is 22.7 Å². The Kier molecular flexibility index (Phi) is 7.81. The fourth-order valence-electron chi connectivity index (χ4n) is 2.40. The van der Waals surface area contributed by atoms with Crippen LogP contribution in [0.1, 0.15) is 18.9 Å². The molecule has 0 spiro atoms. The number of nitrogens with one attached hydrogen (secondary N) is 1. The maximum atomic E-state index is 12.2. The lowest BCUT2D eigenvalue weighted by Crippen LogP contribution is -2.22. The van der Waals surface area contributed by atoms with Gasteiger partial charge in [-0.25, -0.2) is 12.7 Å². The molecular formula is C21H26N2O5S. The van der Waals surface area contributed by atoms with Crippen molar-refractivity contribution in [3.63, 3.8) is 0 Å². The Balaban J connectivity index is 2.04. The number of methoxy groups -OCH3 is 1. The number of rotatable bonds is 9. The Labute approximate surface area is 172 Å². The number of carbonyl (C=O) groups is 1. The van der Waals surface area contributed by atoms with E-state index in [1.165, 1.54) is 32.3 Å². The summed E-state index contributed by atoms with van der Waals surface area (Å²) in [5, 5.41) is 2.70. The number of nitrogens with zero attached hydrogens (tertiary/aromatic N) is 1. The van der Waals surface area contributed by atoms with Crippen molar-refractivity contribution in [2.75, 3.05) is 33.1 Å². The van der Waals surface area contributed by atoms with Gasteiger partial charge in [0.2, 0.25) is 15.9 Å². The Morgan fingerprint density at radius 3 is 2.38 bits per heavy atom. The SMILES string of the molecule is CCCOc1ccc(/C=C/C(=O)Nc2ccc(S(=O)(=O)N(C)C)cc2)cc1OC. The monoisotopic (exact) mass is 418 g/mol. The van der Waals surface area contributed by atoms with Crippen LogP contribution >= 0.6 is 0 Å². The molecule has 0 aliphatic heterocycles. The third-order valence-electron chi connectivity index (χ3n) is 3.98. The second-order valence-corrected chi connectivity index (χ2v) is 8.54. The molecule has 0 atom stereocenters. The highest BCUT2D eigenvalue weighted by Crippen LogP contribution is 2.28. The predicted octanol–water partition coefficient (Wildman–Crippen LogP) is 3.39. The Morgan fingerprint density at radius 2 is 1.79 bits per heavy atom. The van der Waals surface area contributed by atoms with Crippen LogP contribution in [0.15, 0.2) is 53.4 Å². The molecule has 0 heterocycles. The summed E-state index contributed by atoms with van der Waals surface area (Å²) in [6.07, 6.45) is 3.95. The van der Waals surface area contributed by atoms with Crippen molar-refractivity contribution >= 4 is 27.7 Å². The third kappa shape index (κ3) is 6.07. The average molecular weight is 419 g/mol. The largest absolute Gasteiger partial charge is 0.493 e. The first-order valence-electron chi connectivity index (χ1n) is 9.10. The second-order valence-electron chi connectivity index (χ2n) is 6.39. The van der Waals surface area contributed by atoms with Gasteiger partial charge < -0.3 is 14.8 Å². The standard InChI is InChI=1S/C21H26N2O5S/c1-5-14-28-19-12-6-16(15-20(19)27-4)7-13-21(24)22-17-8-10-18(11-9-17)29(25,26)23(2)3/h6-13,15H,5,14H2,1-4H3,(H,22,24)/b13-7+. The van der Waals surface area contributed by atoms with Gasteiger partial charge in [0.15, 0.2) is 11.5 Å². The molecule has 156 valence electrons. The minimum atomic E-state index is -3.50. The van der Waals surface area contributed by atoms with Gasteiger partial charge >= 0.3 is 0 Å².